The van der Waals surface area contributed by atoms with Gasteiger partial charge in [0.05, 0.1) is 23.8 Å². The predicted molar refractivity (Wildman–Crippen MR) is 120 cm³/mol. The Bertz CT molecular complexity index is 1010. The van der Waals surface area contributed by atoms with Gasteiger partial charge in [-0.25, -0.2) is 0 Å². The minimum Gasteiger partial charge on any atom is -0.469 e. The van der Waals surface area contributed by atoms with E-state index >= 15 is 0 Å². The first kappa shape index (κ1) is 20.9. The zero-order valence-corrected chi connectivity index (χ0v) is 17.8. The fourth-order valence-corrected chi connectivity index (χ4v) is 4.23. The van der Waals surface area contributed by atoms with Crippen molar-refractivity contribution in [3.63, 3.8) is 0 Å². The molecule has 31 heavy (non-hydrogen) atoms. The Morgan fingerprint density at radius 1 is 1.06 bits per heavy atom. The molecule has 0 bridgehead atoms. The summed E-state index contributed by atoms with van der Waals surface area (Å²) in [6.07, 6.45) is 3.85. The highest BCUT2D eigenvalue weighted by molar-refractivity contribution is 5.95. The molecule has 0 radical (unpaired) electrons. The van der Waals surface area contributed by atoms with Crippen molar-refractivity contribution >= 4 is 11.8 Å². The van der Waals surface area contributed by atoms with Crippen molar-refractivity contribution in [2.24, 2.45) is 5.92 Å². The Morgan fingerprint density at radius 2 is 1.77 bits per heavy atom. The number of rotatable bonds is 6. The first-order valence-corrected chi connectivity index (χ1v) is 10.8. The van der Waals surface area contributed by atoms with Crippen LogP contribution in [0.1, 0.15) is 46.1 Å². The fraction of sp³-hybridized carbons (Fsp3) is 0.308. The van der Waals surface area contributed by atoms with Crippen LogP contribution in [0.25, 0.3) is 0 Å². The number of furan rings is 1. The predicted octanol–water partition coefficient (Wildman–Crippen LogP) is 4.54. The number of nitrogens with zero attached hydrogens (tertiary/aromatic N) is 1. The number of carbonyl (C=O) groups is 2. The molecule has 2 aromatic carbocycles. The molecule has 5 heteroatoms. The molecule has 1 aliphatic heterocycles. The summed E-state index contributed by atoms with van der Waals surface area (Å²) < 4.78 is 5.28. The number of benzene rings is 2. The summed E-state index contributed by atoms with van der Waals surface area (Å²) in [6, 6.07) is 21.8. The topological polar surface area (TPSA) is 62.6 Å². The summed E-state index contributed by atoms with van der Waals surface area (Å²) in [6.45, 7) is 2.89. The molecular weight excluding hydrogens is 388 g/mol. The van der Waals surface area contributed by atoms with Gasteiger partial charge in [0.1, 0.15) is 5.76 Å². The monoisotopic (exact) mass is 416 g/mol. The number of hydrogen-bond acceptors (Lipinski definition) is 3. The SMILES string of the molecule is Cc1occc1C(=O)N1CCC[C@@H](C(=O)N[C@@H](Cc2ccccc2)c2ccccc2)C1. The van der Waals surface area contributed by atoms with Crippen LogP contribution >= 0.6 is 0 Å². The highest BCUT2D eigenvalue weighted by Gasteiger charge is 2.31. The molecule has 0 unspecified atom stereocenters. The Kier molecular flexibility index (Phi) is 6.51. The van der Waals surface area contributed by atoms with Crippen LogP contribution in [0.15, 0.2) is 77.4 Å². The normalized spacial score (nSPS) is 17.2. The second-order valence-electron chi connectivity index (χ2n) is 8.14. The van der Waals surface area contributed by atoms with E-state index in [2.05, 4.69) is 17.4 Å². The molecule has 0 spiro atoms. The van der Waals surface area contributed by atoms with Gasteiger partial charge in [0.25, 0.3) is 5.91 Å². The average molecular weight is 417 g/mol. The molecule has 0 saturated carbocycles. The lowest BCUT2D eigenvalue weighted by Crippen LogP contribution is -2.46. The van der Waals surface area contributed by atoms with E-state index in [0.717, 1.165) is 24.8 Å². The van der Waals surface area contributed by atoms with E-state index in [9.17, 15) is 9.59 Å². The second-order valence-corrected chi connectivity index (χ2v) is 8.14. The van der Waals surface area contributed by atoms with Gasteiger partial charge in [0.2, 0.25) is 5.91 Å². The summed E-state index contributed by atoms with van der Waals surface area (Å²) in [5.74, 6) is 0.342. The molecule has 2 atom stereocenters. The van der Waals surface area contributed by atoms with E-state index in [1.54, 1.807) is 17.9 Å². The molecule has 1 saturated heterocycles. The molecule has 1 aromatic heterocycles. The molecule has 5 nitrogen and oxygen atoms in total. The van der Waals surface area contributed by atoms with Gasteiger partial charge in [-0.05, 0) is 43.4 Å². The van der Waals surface area contributed by atoms with Crippen LogP contribution < -0.4 is 5.32 Å². The van der Waals surface area contributed by atoms with Crippen LogP contribution in [0, 0.1) is 12.8 Å². The third-order valence-electron chi connectivity index (χ3n) is 5.97. The third-order valence-corrected chi connectivity index (χ3v) is 5.97. The molecule has 1 N–H and O–H groups in total. The lowest BCUT2D eigenvalue weighted by molar-refractivity contribution is -0.127. The third kappa shape index (κ3) is 5.05. The Balaban J connectivity index is 1.46. The number of nitrogens with one attached hydrogen (secondary N) is 1. The van der Waals surface area contributed by atoms with Gasteiger partial charge in [-0.1, -0.05) is 60.7 Å². The smallest absolute Gasteiger partial charge is 0.257 e. The first-order chi connectivity index (χ1) is 15.1. The van der Waals surface area contributed by atoms with Crippen LogP contribution in [0.5, 0.6) is 0 Å². The molecule has 3 aromatic rings. The molecule has 2 amide bonds. The molecule has 2 heterocycles. The molecule has 1 fully saturated rings. The van der Waals surface area contributed by atoms with Crippen molar-refractivity contribution in [1.82, 2.24) is 10.2 Å². The quantitative estimate of drug-likeness (QED) is 0.642. The van der Waals surface area contributed by atoms with E-state index < -0.39 is 0 Å². The van der Waals surface area contributed by atoms with Crippen LogP contribution in [0.3, 0.4) is 0 Å². The number of aryl methyl sites for hydroxylation is 1. The van der Waals surface area contributed by atoms with Crippen LogP contribution in [0.2, 0.25) is 0 Å². The summed E-state index contributed by atoms with van der Waals surface area (Å²) >= 11 is 0. The minimum absolute atomic E-state index is 0.00574. The number of amides is 2. The van der Waals surface area contributed by atoms with E-state index in [1.165, 1.54) is 11.8 Å². The number of carbonyl (C=O) groups excluding carboxylic acids is 2. The van der Waals surface area contributed by atoms with Crippen molar-refractivity contribution in [2.75, 3.05) is 13.1 Å². The van der Waals surface area contributed by atoms with E-state index in [1.807, 2.05) is 48.5 Å². The van der Waals surface area contributed by atoms with Gasteiger partial charge in [0.15, 0.2) is 0 Å². The van der Waals surface area contributed by atoms with Gasteiger partial charge in [0, 0.05) is 13.1 Å². The second kappa shape index (κ2) is 9.65. The maximum atomic E-state index is 13.2. The molecule has 160 valence electrons. The van der Waals surface area contributed by atoms with Crippen molar-refractivity contribution in [1.29, 1.82) is 0 Å². The van der Waals surface area contributed by atoms with Crippen molar-refractivity contribution in [3.8, 4) is 0 Å². The van der Waals surface area contributed by atoms with Gasteiger partial charge >= 0.3 is 0 Å². The maximum Gasteiger partial charge on any atom is 0.257 e. The number of likely N-dealkylation sites (tertiary alicyclic amines) is 1. The van der Waals surface area contributed by atoms with E-state index in [4.69, 9.17) is 4.42 Å². The van der Waals surface area contributed by atoms with Crippen LogP contribution in [-0.2, 0) is 11.2 Å². The van der Waals surface area contributed by atoms with E-state index in [-0.39, 0.29) is 23.8 Å². The summed E-state index contributed by atoms with van der Waals surface area (Å²) in [5.41, 5.74) is 2.83. The highest BCUT2D eigenvalue weighted by Crippen LogP contribution is 2.23. The van der Waals surface area contributed by atoms with Gasteiger partial charge in [-0.3, -0.25) is 9.59 Å². The first-order valence-electron chi connectivity index (χ1n) is 10.8. The van der Waals surface area contributed by atoms with Crippen molar-refractivity contribution < 1.29 is 14.0 Å². The Labute approximate surface area is 183 Å². The van der Waals surface area contributed by atoms with Gasteiger partial charge < -0.3 is 14.6 Å². The lowest BCUT2D eigenvalue weighted by atomic mass is 9.94. The fourth-order valence-electron chi connectivity index (χ4n) is 4.23. The molecule has 1 aliphatic rings. The van der Waals surface area contributed by atoms with E-state index in [0.29, 0.717) is 24.4 Å². The molecule has 4 rings (SSSR count). The zero-order chi connectivity index (χ0) is 21.6. The standard InChI is InChI=1S/C26H28N2O3/c1-19-23(14-16-31-19)26(30)28-15-8-13-22(18-28)25(29)27-24(21-11-6-3-7-12-21)17-20-9-4-2-5-10-20/h2-7,9-12,14,16,22,24H,8,13,15,17-18H2,1H3,(H,27,29)/t22-,24+/m1/s1. The van der Waals surface area contributed by atoms with Crippen molar-refractivity contribution in [3.05, 3.63) is 95.4 Å². The average Bonchev–Trinajstić information content (AvgIpc) is 3.25. The highest BCUT2D eigenvalue weighted by atomic mass is 16.3. The molecule has 0 aliphatic carbocycles. The zero-order valence-electron chi connectivity index (χ0n) is 17.8. The number of hydrogen-bond donors (Lipinski definition) is 1. The van der Waals surface area contributed by atoms with Crippen LogP contribution in [0.4, 0.5) is 0 Å². The lowest BCUT2D eigenvalue weighted by Gasteiger charge is -2.33. The maximum absolute atomic E-state index is 13.2. The summed E-state index contributed by atoms with van der Waals surface area (Å²) in [7, 11) is 0. The largest absolute Gasteiger partial charge is 0.469 e. The molecular formula is C26H28N2O3. The van der Waals surface area contributed by atoms with Gasteiger partial charge in [-0.15, -0.1) is 0 Å². The summed E-state index contributed by atoms with van der Waals surface area (Å²) in [4.78, 5) is 27.9. The van der Waals surface area contributed by atoms with Crippen molar-refractivity contribution in [2.45, 2.75) is 32.2 Å². The Morgan fingerprint density at radius 3 is 2.45 bits per heavy atom. The van der Waals surface area contributed by atoms with Gasteiger partial charge in [-0.2, -0.15) is 0 Å². The minimum atomic E-state index is -0.216. The summed E-state index contributed by atoms with van der Waals surface area (Å²) in [5, 5.41) is 3.26. The number of piperidine rings is 1. The van der Waals surface area contributed by atoms with Crippen LogP contribution in [-0.4, -0.2) is 29.8 Å². The Hall–Kier alpha value is -3.34.